The summed E-state index contributed by atoms with van der Waals surface area (Å²) in [5, 5.41) is 7.66. The molecule has 0 fully saturated rings. The molecule has 2 aliphatic rings. The molecular formula is C64H46N2. The van der Waals surface area contributed by atoms with Crippen LogP contribution >= 0.6 is 0 Å². The molecular weight excluding hydrogens is 797 g/mol. The van der Waals surface area contributed by atoms with Crippen molar-refractivity contribution in [2.45, 2.75) is 38.5 Å². The van der Waals surface area contributed by atoms with Crippen LogP contribution in [0.25, 0.3) is 110 Å². The third-order valence-electron chi connectivity index (χ3n) is 15.5. The van der Waals surface area contributed by atoms with Gasteiger partial charge < -0.3 is 9.13 Å². The van der Waals surface area contributed by atoms with E-state index in [1.807, 2.05) is 0 Å². The zero-order chi connectivity index (χ0) is 44.1. The number of fused-ring (bicyclic) bond motifs is 14. The molecule has 2 heteroatoms. The molecule has 2 aromatic heterocycles. The molecule has 2 heterocycles. The van der Waals surface area contributed by atoms with Gasteiger partial charge in [-0.1, -0.05) is 179 Å². The maximum Gasteiger partial charge on any atom is 0.0547 e. The Morgan fingerprint density at radius 3 is 1.39 bits per heavy atom. The van der Waals surface area contributed by atoms with Crippen molar-refractivity contribution < 1.29 is 0 Å². The lowest BCUT2D eigenvalue weighted by Crippen LogP contribution is -2.17. The predicted octanol–water partition coefficient (Wildman–Crippen LogP) is 17.0. The van der Waals surface area contributed by atoms with Crippen molar-refractivity contribution in [3.05, 3.63) is 229 Å². The van der Waals surface area contributed by atoms with Gasteiger partial charge in [0.2, 0.25) is 0 Å². The zero-order valence-electron chi connectivity index (χ0n) is 37.5. The molecule has 0 aliphatic heterocycles. The molecule has 66 heavy (non-hydrogen) atoms. The Bertz CT molecular complexity index is 4030. The second-order valence-corrected chi connectivity index (χ2v) is 19.7. The molecule has 312 valence electrons. The summed E-state index contributed by atoms with van der Waals surface area (Å²) in [6.07, 6.45) is 0. The largest absolute Gasteiger partial charge is 0.309 e. The Hall–Kier alpha value is -7.94. The van der Waals surface area contributed by atoms with Gasteiger partial charge in [0.15, 0.2) is 0 Å². The highest BCUT2D eigenvalue weighted by Gasteiger charge is 2.43. The van der Waals surface area contributed by atoms with E-state index in [4.69, 9.17) is 0 Å². The first-order valence-electron chi connectivity index (χ1n) is 23.3. The standard InChI is InChI=1S/C64H46N2/c1-63(2)53-35-43(65-57-25-15-13-21-45(57)48-30-27-41(33-59(48)65)39-17-7-5-8-18-39)29-32-44(53)51-36-55-52(37-54(51)63)62-50-24-12-11-23-47(50)61(38-56(62)64(55,3)4)66-58-26-16-14-22-46(58)49-31-28-42(34-60(49)66)40-19-9-6-10-20-40/h5-38H,1-4H3. The van der Waals surface area contributed by atoms with Crippen molar-refractivity contribution in [3.63, 3.8) is 0 Å². The maximum absolute atomic E-state index is 2.57. The summed E-state index contributed by atoms with van der Waals surface area (Å²) < 4.78 is 5.02. The van der Waals surface area contributed by atoms with Crippen molar-refractivity contribution in [1.82, 2.24) is 9.13 Å². The molecule has 0 radical (unpaired) electrons. The SMILES string of the molecule is CC1(C)c2cc(-n3c4ccccc4c4ccc(-c5ccccc5)cc43)ccc2-c2cc3c(cc21)-c1c(cc(-n2c4ccccc4c4ccc(-c5ccccc5)cc42)c2ccccc12)C3(C)C. The van der Waals surface area contributed by atoms with Crippen LogP contribution in [0.2, 0.25) is 0 Å². The number of hydrogen-bond acceptors (Lipinski definition) is 0. The monoisotopic (exact) mass is 842 g/mol. The molecule has 0 saturated carbocycles. The normalized spacial score (nSPS) is 14.3. The van der Waals surface area contributed by atoms with E-state index in [9.17, 15) is 0 Å². The van der Waals surface area contributed by atoms with E-state index in [1.165, 1.54) is 133 Å². The second-order valence-electron chi connectivity index (χ2n) is 19.7. The fourth-order valence-corrected chi connectivity index (χ4v) is 12.2. The highest BCUT2D eigenvalue weighted by atomic mass is 15.0. The van der Waals surface area contributed by atoms with E-state index >= 15 is 0 Å². The van der Waals surface area contributed by atoms with Gasteiger partial charge in [-0.2, -0.15) is 0 Å². The number of hydrogen-bond donors (Lipinski definition) is 0. The molecule has 0 N–H and O–H groups in total. The second kappa shape index (κ2) is 13.3. The first-order valence-corrected chi connectivity index (χ1v) is 23.3. The summed E-state index contributed by atoms with van der Waals surface area (Å²) in [5.74, 6) is 0. The van der Waals surface area contributed by atoms with Crippen LogP contribution in [0.4, 0.5) is 0 Å². The molecule has 12 aromatic rings. The van der Waals surface area contributed by atoms with E-state index < -0.39 is 0 Å². The highest BCUT2D eigenvalue weighted by Crippen LogP contribution is 2.58. The van der Waals surface area contributed by atoms with Gasteiger partial charge in [0.05, 0.1) is 27.8 Å². The summed E-state index contributed by atoms with van der Waals surface area (Å²) in [6.45, 7) is 9.75. The van der Waals surface area contributed by atoms with Crippen molar-refractivity contribution in [1.29, 1.82) is 0 Å². The summed E-state index contributed by atoms with van der Waals surface area (Å²) in [6, 6.07) is 77.3. The van der Waals surface area contributed by atoms with Gasteiger partial charge in [-0.3, -0.25) is 0 Å². The minimum atomic E-state index is -0.237. The first kappa shape index (κ1) is 37.4. The van der Waals surface area contributed by atoms with E-state index in [0.717, 1.165) is 0 Å². The van der Waals surface area contributed by atoms with E-state index in [0.29, 0.717) is 0 Å². The quantitative estimate of drug-likeness (QED) is 0.167. The van der Waals surface area contributed by atoms with Crippen LogP contribution in [0.1, 0.15) is 49.9 Å². The Morgan fingerprint density at radius 2 is 0.758 bits per heavy atom. The van der Waals surface area contributed by atoms with Crippen LogP contribution < -0.4 is 0 Å². The fourth-order valence-electron chi connectivity index (χ4n) is 12.2. The molecule has 0 spiro atoms. The van der Waals surface area contributed by atoms with Crippen LogP contribution in [-0.2, 0) is 10.8 Å². The van der Waals surface area contributed by atoms with Gasteiger partial charge >= 0.3 is 0 Å². The molecule has 2 nitrogen and oxygen atoms in total. The predicted molar refractivity (Wildman–Crippen MR) is 279 cm³/mol. The van der Waals surface area contributed by atoms with Crippen LogP contribution in [0.3, 0.4) is 0 Å². The van der Waals surface area contributed by atoms with Gasteiger partial charge in [0, 0.05) is 43.4 Å². The van der Waals surface area contributed by atoms with Crippen LogP contribution in [0.15, 0.2) is 206 Å². The van der Waals surface area contributed by atoms with Gasteiger partial charge in [-0.05, 0) is 127 Å². The lowest BCUT2D eigenvalue weighted by molar-refractivity contribution is 0.652. The van der Waals surface area contributed by atoms with Gasteiger partial charge in [0.25, 0.3) is 0 Å². The lowest BCUT2D eigenvalue weighted by Gasteiger charge is -2.25. The molecule has 10 aromatic carbocycles. The molecule has 0 amide bonds. The van der Waals surface area contributed by atoms with Crippen molar-refractivity contribution in [2.75, 3.05) is 0 Å². The number of benzene rings is 10. The third kappa shape index (κ3) is 5.02. The van der Waals surface area contributed by atoms with Gasteiger partial charge in [-0.15, -0.1) is 0 Å². The average Bonchev–Trinajstić information content (AvgIpc) is 4.01. The molecule has 0 bridgehead atoms. The number of aromatic nitrogens is 2. The van der Waals surface area contributed by atoms with Crippen LogP contribution in [0, 0.1) is 0 Å². The van der Waals surface area contributed by atoms with E-state index in [-0.39, 0.29) is 10.8 Å². The molecule has 0 saturated heterocycles. The molecule has 14 rings (SSSR count). The van der Waals surface area contributed by atoms with Crippen molar-refractivity contribution >= 4 is 54.4 Å². The minimum absolute atomic E-state index is 0.217. The molecule has 2 aliphatic carbocycles. The topological polar surface area (TPSA) is 9.86 Å². The highest BCUT2D eigenvalue weighted by molar-refractivity contribution is 6.14. The Labute approximate surface area is 384 Å². The Kier molecular flexibility index (Phi) is 7.55. The summed E-state index contributed by atoms with van der Waals surface area (Å²) in [5.41, 5.74) is 22.8. The summed E-state index contributed by atoms with van der Waals surface area (Å²) >= 11 is 0. The number of para-hydroxylation sites is 2. The average molecular weight is 843 g/mol. The zero-order valence-corrected chi connectivity index (χ0v) is 37.5. The van der Waals surface area contributed by atoms with E-state index in [1.54, 1.807) is 0 Å². The number of rotatable bonds is 4. The van der Waals surface area contributed by atoms with Gasteiger partial charge in [-0.25, -0.2) is 0 Å². The third-order valence-corrected chi connectivity index (χ3v) is 15.5. The first-order chi connectivity index (χ1) is 32.3. The minimum Gasteiger partial charge on any atom is -0.309 e. The maximum atomic E-state index is 2.57. The van der Waals surface area contributed by atoms with E-state index in [2.05, 4.69) is 243 Å². The molecule has 0 unspecified atom stereocenters. The van der Waals surface area contributed by atoms with Crippen LogP contribution in [-0.4, -0.2) is 9.13 Å². The lowest BCUT2D eigenvalue weighted by atomic mass is 9.79. The summed E-state index contributed by atoms with van der Waals surface area (Å²) in [7, 11) is 0. The Morgan fingerprint density at radius 1 is 0.288 bits per heavy atom. The van der Waals surface area contributed by atoms with Gasteiger partial charge in [0.1, 0.15) is 0 Å². The smallest absolute Gasteiger partial charge is 0.0547 e. The number of nitrogens with zero attached hydrogens (tertiary/aromatic N) is 2. The molecule has 0 atom stereocenters. The Balaban J connectivity index is 0.947. The fraction of sp³-hybridized carbons (Fsp3) is 0.0938. The van der Waals surface area contributed by atoms with Crippen molar-refractivity contribution in [3.8, 4) is 55.9 Å². The van der Waals surface area contributed by atoms with Crippen molar-refractivity contribution in [2.24, 2.45) is 0 Å². The summed E-state index contributed by atoms with van der Waals surface area (Å²) in [4.78, 5) is 0. The van der Waals surface area contributed by atoms with Crippen LogP contribution in [0.5, 0.6) is 0 Å².